The third-order valence-corrected chi connectivity index (χ3v) is 6.22. The lowest BCUT2D eigenvalue weighted by Gasteiger charge is -2.24. The van der Waals surface area contributed by atoms with Crippen molar-refractivity contribution in [3.8, 4) is 0 Å². The molecule has 0 saturated heterocycles. The third-order valence-electron chi connectivity index (χ3n) is 4.89. The predicted molar refractivity (Wildman–Crippen MR) is 111 cm³/mol. The summed E-state index contributed by atoms with van der Waals surface area (Å²) in [6.07, 6.45) is 0.925. The van der Waals surface area contributed by atoms with Crippen molar-refractivity contribution in [2.24, 2.45) is 0 Å². The van der Waals surface area contributed by atoms with E-state index in [2.05, 4.69) is 33.9 Å². The zero-order chi connectivity index (χ0) is 19.8. The van der Waals surface area contributed by atoms with Crippen molar-refractivity contribution in [3.63, 3.8) is 0 Å². The molecule has 0 bridgehead atoms. The van der Waals surface area contributed by atoms with Crippen LogP contribution >= 0.6 is 22.9 Å². The van der Waals surface area contributed by atoms with Gasteiger partial charge in [0.05, 0.1) is 12.0 Å². The van der Waals surface area contributed by atoms with E-state index in [4.69, 9.17) is 21.1 Å². The fourth-order valence-electron chi connectivity index (χ4n) is 3.63. The number of carbonyl (C=O) groups is 1. The minimum absolute atomic E-state index is 0.166. The highest BCUT2D eigenvalue weighted by Gasteiger charge is 2.31. The van der Waals surface area contributed by atoms with Crippen molar-refractivity contribution >= 4 is 50.6 Å². The van der Waals surface area contributed by atoms with Crippen LogP contribution in [0.15, 0.2) is 24.3 Å². The van der Waals surface area contributed by atoms with Crippen LogP contribution in [0.2, 0.25) is 5.28 Å². The van der Waals surface area contributed by atoms with Crippen molar-refractivity contribution in [1.82, 2.24) is 9.97 Å². The molecule has 4 rings (SSSR count). The van der Waals surface area contributed by atoms with E-state index < -0.39 is 0 Å². The average Bonchev–Trinajstić information content (AvgIpc) is 3.17. The summed E-state index contributed by atoms with van der Waals surface area (Å²) in [7, 11) is 1.57. The SMILES string of the molecule is COCCOC(=O)c1sc2nc(Cl)nc(N3c4ccccc4CC3C)c2c1C. The Bertz CT molecular complexity index is 1050. The summed E-state index contributed by atoms with van der Waals surface area (Å²) < 4.78 is 10.2. The molecule has 1 atom stereocenters. The number of para-hydroxylation sites is 1. The van der Waals surface area contributed by atoms with Crippen LogP contribution in [0.25, 0.3) is 10.2 Å². The highest BCUT2D eigenvalue weighted by atomic mass is 35.5. The highest BCUT2D eigenvalue weighted by molar-refractivity contribution is 7.20. The molecule has 0 aliphatic carbocycles. The average molecular weight is 418 g/mol. The summed E-state index contributed by atoms with van der Waals surface area (Å²) in [5, 5.41) is 1.01. The Kier molecular flexibility index (Phi) is 5.23. The third kappa shape index (κ3) is 3.23. The summed E-state index contributed by atoms with van der Waals surface area (Å²) >= 11 is 7.53. The smallest absolute Gasteiger partial charge is 0.348 e. The first-order valence-electron chi connectivity index (χ1n) is 9.01. The molecular formula is C20H20ClN3O3S. The molecule has 1 unspecified atom stereocenters. The lowest BCUT2D eigenvalue weighted by molar-refractivity contribution is 0.0393. The van der Waals surface area contributed by atoms with Gasteiger partial charge in [-0.1, -0.05) is 18.2 Å². The second kappa shape index (κ2) is 7.66. The Morgan fingerprint density at radius 1 is 1.32 bits per heavy atom. The summed E-state index contributed by atoms with van der Waals surface area (Å²) in [6, 6.07) is 8.50. The van der Waals surface area contributed by atoms with Gasteiger partial charge in [0.1, 0.15) is 22.1 Å². The molecule has 3 heterocycles. The van der Waals surface area contributed by atoms with Crippen molar-refractivity contribution in [2.45, 2.75) is 26.3 Å². The number of fused-ring (bicyclic) bond motifs is 2. The molecule has 8 heteroatoms. The van der Waals surface area contributed by atoms with Crippen LogP contribution in [0.1, 0.15) is 27.7 Å². The number of hydrogen-bond donors (Lipinski definition) is 0. The van der Waals surface area contributed by atoms with Crippen LogP contribution in [0.5, 0.6) is 0 Å². The van der Waals surface area contributed by atoms with E-state index in [-0.39, 0.29) is 23.9 Å². The van der Waals surface area contributed by atoms with Gasteiger partial charge in [-0.05, 0) is 49.1 Å². The van der Waals surface area contributed by atoms with E-state index in [1.165, 1.54) is 16.9 Å². The Hall–Kier alpha value is -2.22. The molecule has 146 valence electrons. The van der Waals surface area contributed by atoms with E-state index in [0.29, 0.717) is 16.3 Å². The molecule has 3 aromatic rings. The summed E-state index contributed by atoms with van der Waals surface area (Å²) in [6.45, 7) is 4.62. The zero-order valence-electron chi connectivity index (χ0n) is 15.9. The van der Waals surface area contributed by atoms with Crippen LogP contribution in [0, 0.1) is 6.92 Å². The molecule has 2 aromatic heterocycles. The van der Waals surface area contributed by atoms with E-state index in [1.807, 2.05) is 19.1 Å². The molecule has 0 N–H and O–H groups in total. The second-order valence-corrected chi connectivity index (χ2v) is 8.07. The van der Waals surface area contributed by atoms with Crippen LogP contribution in [0.3, 0.4) is 0 Å². The second-order valence-electron chi connectivity index (χ2n) is 6.73. The molecule has 0 spiro atoms. The van der Waals surface area contributed by atoms with Crippen LogP contribution in [0.4, 0.5) is 11.5 Å². The zero-order valence-corrected chi connectivity index (χ0v) is 17.4. The summed E-state index contributed by atoms with van der Waals surface area (Å²) in [5.74, 6) is 0.353. The molecule has 1 aliphatic heterocycles. The maximum Gasteiger partial charge on any atom is 0.348 e. The van der Waals surface area contributed by atoms with E-state index in [9.17, 15) is 4.79 Å². The Morgan fingerprint density at radius 2 is 2.11 bits per heavy atom. The molecule has 1 aromatic carbocycles. The number of hydrogen-bond acceptors (Lipinski definition) is 7. The maximum atomic E-state index is 12.5. The first-order chi connectivity index (χ1) is 13.5. The minimum Gasteiger partial charge on any atom is -0.459 e. The normalized spacial score (nSPS) is 15.9. The first-order valence-corrected chi connectivity index (χ1v) is 10.2. The summed E-state index contributed by atoms with van der Waals surface area (Å²) in [5.41, 5.74) is 3.19. The van der Waals surface area contributed by atoms with Gasteiger partial charge in [-0.15, -0.1) is 11.3 Å². The van der Waals surface area contributed by atoms with Crippen molar-refractivity contribution in [2.75, 3.05) is 25.2 Å². The van der Waals surface area contributed by atoms with Gasteiger partial charge < -0.3 is 14.4 Å². The Labute approximate surface area is 172 Å². The number of aromatic nitrogens is 2. The number of esters is 1. The van der Waals surface area contributed by atoms with Crippen molar-refractivity contribution < 1.29 is 14.3 Å². The molecule has 0 fully saturated rings. The monoisotopic (exact) mass is 417 g/mol. The van der Waals surface area contributed by atoms with Gasteiger partial charge >= 0.3 is 5.97 Å². The topological polar surface area (TPSA) is 64.5 Å². The molecule has 0 radical (unpaired) electrons. The van der Waals surface area contributed by atoms with Gasteiger partial charge in [0.25, 0.3) is 0 Å². The Balaban J connectivity index is 1.83. The molecule has 28 heavy (non-hydrogen) atoms. The largest absolute Gasteiger partial charge is 0.459 e. The number of ether oxygens (including phenoxy) is 2. The van der Waals surface area contributed by atoms with Crippen molar-refractivity contribution in [3.05, 3.63) is 45.6 Å². The lowest BCUT2D eigenvalue weighted by Crippen LogP contribution is -2.25. The minimum atomic E-state index is -0.380. The number of benzene rings is 1. The van der Waals surface area contributed by atoms with E-state index in [0.717, 1.165) is 28.9 Å². The van der Waals surface area contributed by atoms with Gasteiger partial charge in [0.15, 0.2) is 0 Å². The fraction of sp³-hybridized carbons (Fsp3) is 0.350. The van der Waals surface area contributed by atoms with E-state index >= 15 is 0 Å². The van der Waals surface area contributed by atoms with Gasteiger partial charge in [-0.2, -0.15) is 4.98 Å². The van der Waals surface area contributed by atoms with Crippen LogP contribution in [-0.4, -0.2) is 42.3 Å². The van der Waals surface area contributed by atoms with Gasteiger partial charge in [0, 0.05) is 18.8 Å². The summed E-state index contributed by atoms with van der Waals surface area (Å²) in [4.78, 5) is 24.8. The Morgan fingerprint density at radius 3 is 2.89 bits per heavy atom. The van der Waals surface area contributed by atoms with Gasteiger partial charge in [0.2, 0.25) is 5.28 Å². The molecule has 0 amide bonds. The quantitative estimate of drug-likeness (QED) is 0.345. The number of thiophene rings is 1. The number of carbonyl (C=O) groups excluding carboxylic acids is 1. The number of halogens is 1. The number of aryl methyl sites for hydroxylation is 1. The first kappa shape index (κ1) is 19.1. The van der Waals surface area contributed by atoms with E-state index in [1.54, 1.807) is 7.11 Å². The predicted octanol–water partition coefficient (Wildman–Crippen LogP) is 4.54. The number of methoxy groups -OCH3 is 1. The van der Waals surface area contributed by atoms with Crippen LogP contribution in [-0.2, 0) is 15.9 Å². The lowest BCUT2D eigenvalue weighted by atomic mass is 10.1. The van der Waals surface area contributed by atoms with Crippen LogP contribution < -0.4 is 4.90 Å². The van der Waals surface area contributed by atoms with Gasteiger partial charge in [-0.3, -0.25) is 0 Å². The number of anilines is 2. The molecule has 0 saturated carbocycles. The maximum absolute atomic E-state index is 12.5. The fourth-order valence-corrected chi connectivity index (χ4v) is 4.92. The highest BCUT2D eigenvalue weighted by Crippen LogP contribution is 2.43. The molecular weight excluding hydrogens is 398 g/mol. The molecule has 1 aliphatic rings. The van der Waals surface area contributed by atoms with Crippen molar-refractivity contribution in [1.29, 1.82) is 0 Å². The number of nitrogens with zero attached hydrogens (tertiary/aromatic N) is 3. The molecule has 6 nitrogen and oxygen atoms in total. The standard InChI is InChI=1S/C20H20ClN3O3S/c1-11-10-13-6-4-5-7-14(13)24(11)17-15-12(2)16(19(25)27-9-8-26-3)28-18(15)23-20(21)22-17/h4-7,11H,8-10H2,1-3H3. The van der Waals surface area contributed by atoms with Gasteiger partial charge in [-0.25, -0.2) is 9.78 Å². The number of rotatable bonds is 5.